The minimum absolute atomic E-state index is 0.843. The summed E-state index contributed by atoms with van der Waals surface area (Å²) < 4.78 is 1.20. The van der Waals surface area contributed by atoms with Gasteiger partial charge >= 0.3 is 0 Å². The van der Waals surface area contributed by atoms with Gasteiger partial charge in [0.1, 0.15) is 0 Å². The number of thiophene rings is 1. The quantitative estimate of drug-likeness (QED) is 0.815. The van der Waals surface area contributed by atoms with E-state index in [-0.39, 0.29) is 0 Å². The van der Waals surface area contributed by atoms with E-state index in [1.54, 1.807) is 11.3 Å². The molecule has 0 unspecified atom stereocenters. The highest BCUT2D eigenvalue weighted by atomic mass is 79.9. The van der Waals surface area contributed by atoms with Crippen molar-refractivity contribution in [3.8, 4) is 0 Å². The summed E-state index contributed by atoms with van der Waals surface area (Å²) >= 11 is 10.6. The lowest BCUT2D eigenvalue weighted by Crippen LogP contribution is -2.16. The van der Waals surface area contributed by atoms with E-state index >= 15 is 0 Å². The molecule has 0 aromatic carbocycles. The summed E-state index contributed by atoms with van der Waals surface area (Å²) in [7, 11) is 0. The van der Waals surface area contributed by atoms with Crippen molar-refractivity contribution in [1.82, 2.24) is 5.32 Å². The lowest BCUT2D eigenvalue weighted by molar-refractivity contribution is 0.750. The average molecular weight is 281 g/mol. The largest absolute Gasteiger partial charge is 0.313 e. The smallest absolute Gasteiger partial charge is 0.0701 e. The summed E-state index contributed by atoms with van der Waals surface area (Å²) in [5.74, 6) is 0. The minimum atomic E-state index is 0.843. The zero-order chi connectivity index (χ0) is 9.52. The van der Waals surface area contributed by atoms with Crippen LogP contribution in [0.25, 0.3) is 0 Å². The van der Waals surface area contributed by atoms with E-state index in [4.69, 9.17) is 11.6 Å². The molecule has 1 aromatic rings. The van der Waals surface area contributed by atoms with E-state index in [1.165, 1.54) is 14.2 Å². The normalized spacial score (nSPS) is 11.2. The Balaban J connectivity index is 2.13. The van der Waals surface area contributed by atoms with E-state index < -0.39 is 0 Å². The molecule has 72 valence electrons. The van der Waals surface area contributed by atoms with Gasteiger partial charge in [-0.1, -0.05) is 17.7 Å². The monoisotopic (exact) mass is 279 g/mol. The van der Waals surface area contributed by atoms with Gasteiger partial charge in [-0.2, -0.15) is 0 Å². The van der Waals surface area contributed by atoms with E-state index in [2.05, 4.69) is 33.4 Å². The summed E-state index contributed by atoms with van der Waals surface area (Å²) in [6.45, 7) is 1.84. The third kappa shape index (κ3) is 4.81. The van der Waals surface area contributed by atoms with Gasteiger partial charge in [-0.25, -0.2) is 0 Å². The molecular formula is C9H11BrClNS. The van der Waals surface area contributed by atoms with Crippen molar-refractivity contribution in [3.05, 3.63) is 32.4 Å². The molecule has 0 aliphatic heterocycles. The zero-order valence-corrected chi connectivity index (χ0v) is 10.3. The lowest BCUT2D eigenvalue weighted by Gasteiger charge is -1.98. The van der Waals surface area contributed by atoms with Gasteiger partial charge in [0.25, 0.3) is 0 Å². The zero-order valence-electron chi connectivity index (χ0n) is 7.09. The second-order valence-corrected chi connectivity index (χ2v) is 5.32. The Morgan fingerprint density at radius 1 is 1.54 bits per heavy atom. The first kappa shape index (κ1) is 11.2. The molecule has 0 amide bonds. The van der Waals surface area contributed by atoms with Crippen LogP contribution >= 0.6 is 38.9 Å². The summed E-state index contributed by atoms with van der Waals surface area (Å²) in [5, 5.41) is 3.26. The Morgan fingerprint density at radius 2 is 2.38 bits per heavy atom. The second-order valence-electron chi connectivity index (χ2n) is 2.52. The molecule has 1 N–H and O–H groups in total. The highest BCUT2D eigenvalue weighted by Gasteiger charge is 1.95. The lowest BCUT2D eigenvalue weighted by atomic mass is 10.3. The molecule has 1 aromatic heterocycles. The molecule has 0 atom stereocenters. The van der Waals surface area contributed by atoms with Crippen LogP contribution < -0.4 is 5.32 Å². The molecule has 0 aliphatic carbocycles. The molecule has 4 heteroatoms. The predicted octanol–water partition coefficient (Wildman–Crippen LogP) is 3.40. The Kier molecular flexibility index (Phi) is 5.71. The summed E-state index contributed by atoms with van der Waals surface area (Å²) in [6.07, 6.45) is 2.97. The molecule has 0 radical (unpaired) electrons. The molecular weight excluding hydrogens is 270 g/mol. The highest BCUT2D eigenvalue weighted by Crippen LogP contribution is 2.21. The van der Waals surface area contributed by atoms with Gasteiger partial charge in [-0.05, 0) is 34.5 Å². The maximum atomic E-state index is 5.38. The van der Waals surface area contributed by atoms with Crippen LogP contribution in [-0.4, -0.2) is 13.1 Å². The van der Waals surface area contributed by atoms with E-state index in [0.717, 1.165) is 19.5 Å². The number of nitrogens with one attached hydrogen (secondary N) is 1. The van der Waals surface area contributed by atoms with Crippen molar-refractivity contribution in [2.45, 2.75) is 6.42 Å². The Morgan fingerprint density at radius 3 is 3.00 bits per heavy atom. The first-order chi connectivity index (χ1) is 6.33. The third-order valence-electron chi connectivity index (χ3n) is 1.53. The highest BCUT2D eigenvalue weighted by molar-refractivity contribution is 9.11. The topological polar surface area (TPSA) is 12.0 Å². The van der Waals surface area contributed by atoms with Crippen LogP contribution in [0.1, 0.15) is 4.88 Å². The second kappa shape index (κ2) is 6.60. The molecule has 0 saturated heterocycles. The molecule has 0 aliphatic rings. The maximum Gasteiger partial charge on any atom is 0.0701 e. The maximum absolute atomic E-state index is 5.38. The van der Waals surface area contributed by atoms with Crippen molar-refractivity contribution in [1.29, 1.82) is 0 Å². The first-order valence-corrected chi connectivity index (χ1v) is 6.07. The van der Waals surface area contributed by atoms with Crippen LogP contribution in [0, 0.1) is 0 Å². The van der Waals surface area contributed by atoms with Crippen molar-refractivity contribution in [2.24, 2.45) is 0 Å². The van der Waals surface area contributed by atoms with Crippen LogP contribution in [0.4, 0.5) is 0 Å². The Labute approximate surface area is 95.9 Å². The van der Waals surface area contributed by atoms with Gasteiger partial charge in [-0.3, -0.25) is 0 Å². The van der Waals surface area contributed by atoms with Crippen LogP contribution in [0.2, 0.25) is 0 Å². The average Bonchev–Trinajstić information content (AvgIpc) is 2.51. The van der Waals surface area contributed by atoms with Gasteiger partial charge in [-0.15, -0.1) is 11.3 Å². The fraction of sp³-hybridized carbons (Fsp3) is 0.333. The predicted molar refractivity (Wildman–Crippen MR) is 63.6 cm³/mol. The molecule has 0 saturated carbocycles. The number of hydrogen-bond donors (Lipinski definition) is 1. The molecule has 0 bridgehead atoms. The molecule has 1 nitrogen and oxygen atoms in total. The van der Waals surface area contributed by atoms with Crippen LogP contribution in [0.5, 0.6) is 0 Å². The summed E-state index contributed by atoms with van der Waals surface area (Å²) in [5.41, 5.74) is 1.54. The van der Waals surface area contributed by atoms with Crippen molar-refractivity contribution in [3.63, 3.8) is 0 Å². The number of rotatable bonds is 5. The molecule has 0 spiro atoms. The van der Waals surface area contributed by atoms with E-state index in [9.17, 15) is 0 Å². The van der Waals surface area contributed by atoms with Crippen LogP contribution in [0.3, 0.4) is 0 Å². The molecule has 1 heterocycles. The van der Waals surface area contributed by atoms with Gasteiger partial charge in [0.15, 0.2) is 0 Å². The van der Waals surface area contributed by atoms with Gasteiger partial charge < -0.3 is 5.32 Å². The fourth-order valence-corrected chi connectivity index (χ4v) is 2.50. The van der Waals surface area contributed by atoms with E-state index in [0.29, 0.717) is 0 Å². The summed E-state index contributed by atoms with van der Waals surface area (Å²) in [4.78, 5) is 1.40. The molecule has 0 fully saturated rings. The third-order valence-corrected chi connectivity index (χ3v) is 3.39. The SMILES string of the molecule is Cl/C=C/CNCCc1ccc(Br)s1. The molecule has 13 heavy (non-hydrogen) atoms. The Hall–Kier alpha value is 0.170. The van der Waals surface area contributed by atoms with Gasteiger partial charge in [0.05, 0.1) is 3.79 Å². The van der Waals surface area contributed by atoms with Crippen LogP contribution in [-0.2, 0) is 6.42 Å². The van der Waals surface area contributed by atoms with E-state index in [1.807, 2.05) is 6.08 Å². The van der Waals surface area contributed by atoms with Crippen molar-refractivity contribution >= 4 is 38.9 Å². The number of halogens is 2. The molecule has 1 rings (SSSR count). The van der Waals surface area contributed by atoms with Gasteiger partial charge in [0, 0.05) is 23.5 Å². The van der Waals surface area contributed by atoms with Crippen molar-refractivity contribution in [2.75, 3.05) is 13.1 Å². The standard InChI is InChI=1S/C9H11BrClNS/c10-9-3-2-8(13-9)4-7-12-6-1-5-11/h1-3,5,12H,4,6-7H2/b5-1+. The number of hydrogen-bond acceptors (Lipinski definition) is 2. The van der Waals surface area contributed by atoms with Crippen molar-refractivity contribution < 1.29 is 0 Å². The first-order valence-electron chi connectivity index (χ1n) is 4.03. The van der Waals surface area contributed by atoms with Crippen LogP contribution in [0.15, 0.2) is 27.5 Å². The minimum Gasteiger partial charge on any atom is -0.313 e. The summed E-state index contributed by atoms with van der Waals surface area (Å²) in [6, 6.07) is 4.23. The fourth-order valence-electron chi connectivity index (χ4n) is 0.928. The Bertz CT molecular complexity index is 272. The van der Waals surface area contributed by atoms with Gasteiger partial charge in [0.2, 0.25) is 0 Å².